The molecule has 0 fully saturated rings. The first-order valence-electron chi connectivity index (χ1n) is 11.3. The van der Waals surface area contributed by atoms with Gasteiger partial charge in [-0.05, 0) is 44.5 Å². The first-order chi connectivity index (χ1) is 17.8. The van der Waals surface area contributed by atoms with Crippen molar-refractivity contribution in [2.24, 2.45) is 0 Å². The van der Waals surface area contributed by atoms with Crippen LogP contribution in [0.15, 0.2) is 58.3 Å². The molecule has 12 nitrogen and oxygen atoms in total. The summed E-state index contributed by atoms with van der Waals surface area (Å²) >= 11 is 0. The number of rotatable bonds is 12. The molecule has 14 heteroatoms. The van der Waals surface area contributed by atoms with Gasteiger partial charge in [0.15, 0.2) is 0 Å². The number of carbonyl (C=O) groups excluding carboxylic acids is 2. The van der Waals surface area contributed by atoms with Crippen molar-refractivity contribution in [3.63, 3.8) is 0 Å². The van der Waals surface area contributed by atoms with Gasteiger partial charge in [-0.3, -0.25) is 9.59 Å². The Bertz CT molecular complexity index is 1250. The third kappa shape index (κ3) is 10.8. The number of benzene rings is 2. The van der Waals surface area contributed by atoms with Gasteiger partial charge in [0.2, 0.25) is 20.0 Å². The van der Waals surface area contributed by atoms with Crippen molar-refractivity contribution in [2.75, 3.05) is 27.4 Å². The van der Waals surface area contributed by atoms with Crippen LogP contribution in [-0.4, -0.2) is 78.5 Å². The van der Waals surface area contributed by atoms with Crippen molar-refractivity contribution >= 4 is 32.0 Å². The fourth-order valence-electron chi connectivity index (χ4n) is 2.89. The number of aryl methyl sites for hydroxylation is 2. The molecular formula is C24H34N2O10S2. The highest BCUT2D eigenvalue weighted by Gasteiger charge is 2.29. The lowest BCUT2D eigenvalue weighted by Gasteiger charge is -2.15. The zero-order valence-electron chi connectivity index (χ0n) is 21.6. The van der Waals surface area contributed by atoms with E-state index in [9.17, 15) is 26.4 Å². The van der Waals surface area contributed by atoms with E-state index >= 15 is 0 Å². The van der Waals surface area contributed by atoms with Gasteiger partial charge in [-0.15, -0.1) is 0 Å². The van der Waals surface area contributed by atoms with Gasteiger partial charge < -0.3 is 19.7 Å². The summed E-state index contributed by atoms with van der Waals surface area (Å²) in [4.78, 5) is 23.0. The first kappa shape index (κ1) is 33.1. The van der Waals surface area contributed by atoms with Gasteiger partial charge in [0.25, 0.3) is 0 Å². The van der Waals surface area contributed by atoms with Gasteiger partial charge in [0, 0.05) is 12.6 Å². The minimum Gasteiger partial charge on any atom is -0.469 e. The van der Waals surface area contributed by atoms with Crippen molar-refractivity contribution < 1.29 is 46.1 Å². The second kappa shape index (κ2) is 15.5. The summed E-state index contributed by atoms with van der Waals surface area (Å²) in [6.45, 7) is 3.16. The topological polar surface area (TPSA) is 185 Å². The highest BCUT2D eigenvalue weighted by molar-refractivity contribution is 7.89. The zero-order valence-corrected chi connectivity index (χ0v) is 23.2. The van der Waals surface area contributed by atoms with Crippen LogP contribution in [0.3, 0.4) is 0 Å². The molecular weight excluding hydrogens is 540 g/mol. The van der Waals surface area contributed by atoms with E-state index in [-0.39, 0.29) is 29.4 Å². The lowest BCUT2D eigenvalue weighted by atomic mass is 10.2. The van der Waals surface area contributed by atoms with Gasteiger partial charge in [-0.2, -0.15) is 4.72 Å². The van der Waals surface area contributed by atoms with Crippen LogP contribution in [0.2, 0.25) is 0 Å². The number of carbonyl (C=O) groups is 2. The van der Waals surface area contributed by atoms with E-state index in [2.05, 4.69) is 18.9 Å². The summed E-state index contributed by atoms with van der Waals surface area (Å²) < 4.78 is 61.5. The van der Waals surface area contributed by atoms with Gasteiger partial charge >= 0.3 is 11.9 Å². The minimum atomic E-state index is -3.94. The van der Waals surface area contributed by atoms with E-state index < -0.39 is 50.5 Å². The predicted octanol–water partition coefficient (Wildman–Crippen LogP) is 0.395. The molecule has 0 saturated heterocycles. The van der Waals surface area contributed by atoms with Gasteiger partial charge in [-0.25, -0.2) is 21.6 Å². The molecule has 0 spiro atoms. The van der Waals surface area contributed by atoms with Crippen molar-refractivity contribution in [3.05, 3.63) is 59.7 Å². The maximum absolute atomic E-state index is 12.2. The third-order valence-corrected chi connectivity index (χ3v) is 8.09. The maximum atomic E-state index is 12.2. The molecule has 2 atom stereocenters. The number of hydrogen-bond donors (Lipinski definition) is 4. The molecule has 0 unspecified atom stereocenters. The average Bonchev–Trinajstić information content (AvgIpc) is 2.88. The molecule has 2 rings (SSSR count). The van der Waals surface area contributed by atoms with Crippen molar-refractivity contribution in [1.29, 1.82) is 0 Å². The summed E-state index contributed by atoms with van der Waals surface area (Å²) in [5.74, 6) is -1.59. The van der Waals surface area contributed by atoms with E-state index in [1.165, 1.54) is 24.3 Å². The largest absolute Gasteiger partial charge is 0.469 e. The highest BCUT2D eigenvalue weighted by atomic mass is 32.2. The molecule has 0 heterocycles. The number of esters is 2. The smallest absolute Gasteiger partial charge is 0.324 e. The van der Waals surface area contributed by atoms with Crippen LogP contribution >= 0.6 is 0 Å². The molecule has 0 radical (unpaired) electrons. The number of methoxy groups -OCH3 is 2. The van der Waals surface area contributed by atoms with Crippen LogP contribution in [-0.2, 0) is 39.1 Å². The maximum Gasteiger partial charge on any atom is 0.324 e. The lowest BCUT2D eigenvalue weighted by molar-refractivity contribution is -0.149. The van der Waals surface area contributed by atoms with Crippen LogP contribution in [0.5, 0.6) is 0 Å². The second-order valence-corrected chi connectivity index (χ2v) is 11.5. The molecule has 4 N–H and O–H groups in total. The Labute approximate surface area is 223 Å². The van der Waals surface area contributed by atoms with E-state index in [4.69, 9.17) is 10.2 Å². The molecule has 0 aliphatic rings. The molecule has 2 aromatic carbocycles. The fraction of sp³-hybridized carbons (Fsp3) is 0.417. The number of hydrogen-bond acceptors (Lipinski definition) is 10. The standard InChI is InChI=1S/C13H17NO6S.C11H17NO4S/c1-9-4-6-10(7-5-9)21(17,18)14-11(13(16)20-3)8-12(15)19-2;1-9-2-4-11(5-3-9)17(15,16)12-10(8-14)6-7-13/h4-7,11,14H,8H2,1-3H3;2-5,10,12-14H,6-8H2,1H3/t11-;10-/m00/s1. The van der Waals surface area contributed by atoms with Crippen molar-refractivity contribution in [1.82, 2.24) is 9.44 Å². The SMILES string of the molecule is COC(=O)C[C@H](NS(=O)(=O)c1ccc(C)cc1)C(=O)OC.Cc1ccc(S(=O)(=O)N[C@H](CO)CCO)cc1. The number of nitrogens with one attached hydrogen (secondary N) is 2. The summed E-state index contributed by atoms with van der Waals surface area (Å²) in [6.07, 6.45) is -0.268. The van der Waals surface area contributed by atoms with Gasteiger partial charge in [0.05, 0.1) is 37.0 Å². The highest BCUT2D eigenvalue weighted by Crippen LogP contribution is 2.13. The molecule has 212 valence electrons. The Hall–Kier alpha value is -2.88. The summed E-state index contributed by atoms with van der Waals surface area (Å²) in [5.41, 5.74) is 1.87. The third-order valence-electron chi connectivity index (χ3n) is 5.06. The molecule has 0 amide bonds. The average molecular weight is 575 g/mol. The molecule has 0 aliphatic heterocycles. The van der Waals surface area contributed by atoms with Crippen LogP contribution in [0.25, 0.3) is 0 Å². The number of aliphatic hydroxyl groups excluding tert-OH is 2. The van der Waals surface area contributed by atoms with Gasteiger partial charge in [0.1, 0.15) is 6.04 Å². The van der Waals surface area contributed by atoms with Crippen molar-refractivity contribution in [2.45, 2.75) is 48.6 Å². The van der Waals surface area contributed by atoms with Crippen LogP contribution in [0.4, 0.5) is 0 Å². The Morgan fingerprint density at radius 3 is 1.61 bits per heavy atom. The Morgan fingerprint density at radius 2 is 1.24 bits per heavy atom. The Kier molecular flexibility index (Phi) is 13.5. The van der Waals surface area contributed by atoms with Crippen LogP contribution in [0.1, 0.15) is 24.0 Å². The molecule has 2 aromatic rings. The van der Waals surface area contributed by atoms with E-state index in [1.54, 1.807) is 24.3 Å². The fourth-order valence-corrected chi connectivity index (χ4v) is 5.33. The summed E-state index contributed by atoms with van der Waals surface area (Å²) in [5, 5.41) is 17.7. The molecule has 0 bridgehead atoms. The number of ether oxygens (including phenoxy) is 2. The van der Waals surface area contributed by atoms with E-state index in [1.807, 2.05) is 13.8 Å². The molecule has 0 saturated carbocycles. The van der Waals surface area contributed by atoms with E-state index in [0.717, 1.165) is 25.3 Å². The summed E-state index contributed by atoms with van der Waals surface area (Å²) in [6, 6.07) is 10.5. The lowest BCUT2D eigenvalue weighted by Crippen LogP contribution is -2.43. The van der Waals surface area contributed by atoms with Gasteiger partial charge in [-0.1, -0.05) is 35.4 Å². The normalized spacial score (nSPS) is 13.0. The van der Waals surface area contributed by atoms with Crippen LogP contribution in [0, 0.1) is 13.8 Å². The number of sulfonamides is 2. The van der Waals surface area contributed by atoms with Crippen molar-refractivity contribution in [3.8, 4) is 0 Å². The molecule has 0 aromatic heterocycles. The van der Waals surface area contributed by atoms with E-state index in [0.29, 0.717) is 0 Å². The van der Waals surface area contributed by atoms with Crippen LogP contribution < -0.4 is 9.44 Å². The zero-order chi connectivity index (χ0) is 28.9. The first-order valence-corrected chi connectivity index (χ1v) is 14.3. The Morgan fingerprint density at radius 1 is 0.789 bits per heavy atom. The minimum absolute atomic E-state index is 0.00753. The number of aliphatic hydroxyl groups is 2. The molecule has 0 aliphatic carbocycles. The second-order valence-electron chi connectivity index (χ2n) is 8.12. The summed E-state index contributed by atoms with van der Waals surface area (Å²) in [7, 11) is -5.33. The monoisotopic (exact) mass is 574 g/mol. The predicted molar refractivity (Wildman–Crippen MR) is 138 cm³/mol. The quantitative estimate of drug-likeness (QED) is 0.259. The Balaban J connectivity index is 0.000000389. The molecule has 38 heavy (non-hydrogen) atoms.